The molecule has 4 fully saturated rings. The molecule has 1 amide bonds. The molecule has 0 unspecified atom stereocenters. The highest BCUT2D eigenvalue weighted by Crippen LogP contribution is 2.59. The van der Waals surface area contributed by atoms with Gasteiger partial charge in [0.15, 0.2) is 0 Å². The summed E-state index contributed by atoms with van der Waals surface area (Å²) in [5.74, 6) is 2.78. The Labute approximate surface area is 160 Å². The summed E-state index contributed by atoms with van der Waals surface area (Å²) < 4.78 is 1.93. The van der Waals surface area contributed by atoms with E-state index in [1.165, 1.54) is 38.5 Å². The maximum atomic E-state index is 13.0. The number of amides is 1. The quantitative estimate of drug-likeness (QED) is 0.824. The maximum absolute atomic E-state index is 13.0. The van der Waals surface area contributed by atoms with Crippen LogP contribution in [0.1, 0.15) is 61.6 Å². The third-order valence-corrected chi connectivity index (χ3v) is 7.12. The highest BCUT2D eigenvalue weighted by atomic mass is 16.1. The lowest BCUT2D eigenvalue weighted by Gasteiger charge is -2.56. The molecular formula is C22H30N4O. The third kappa shape index (κ3) is 3.16. The van der Waals surface area contributed by atoms with Crippen LogP contribution in [0.5, 0.6) is 0 Å². The minimum Gasteiger partial charge on any atom is -0.350 e. The number of hydrogen-bond acceptors (Lipinski definition) is 3. The number of carbonyl (C=O) groups excluding carboxylic acids is 1. The molecule has 144 valence electrons. The van der Waals surface area contributed by atoms with E-state index in [0.717, 1.165) is 48.7 Å². The Hall–Kier alpha value is -1.88. The first kappa shape index (κ1) is 17.2. The zero-order valence-electron chi connectivity index (χ0n) is 16.2. The van der Waals surface area contributed by atoms with Gasteiger partial charge in [0.1, 0.15) is 11.3 Å². The maximum Gasteiger partial charge on any atom is 0.268 e. The first-order chi connectivity index (χ1) is 13.1. The summed E-state index contributed by atoms with van der Waals surface area (Å²) in [5, 5.41) is 6.59. The number of imidazole rings is 1. The fraction of sp³-hybridized carbons (Fsp3) is 0.636. The summed E-state index contributed by atoms with van der Waals surface area (Å²) in [6.07, 6.45) is 10.3. The Kier molecular flexibility index (Phi) is 4.23. The van der Waals surface area contributed by atoms with Gasteiger partial charge in [-0.25, -0.2) is 4.98 Å². The first-order valence-corrected chi connectivity index (χ1v) is 10.6. The van der Waals surface area contributed by atoms with E-state index in [2.05, 4.69) is 22.5 Å². The fourth-order valence-electron chi connectivity index (χ4n) is 6.45. The van der Waals surface area contributed by atoms with Crippen LogP contribution in [0.15, 0.2) is 24.4 Å². The molecule has 4 aliphatic rings. The van der Waals surface area contributed by atoms with Crippen molar-refractivity contribution in [3.05, 3.63) is 35.8 Å². The summed E-state index contributed by atoms with van der Waals surface area (Å²) in [7, 11) is 0. The molecule has 0 aromatic carbocycles. The molecule has 0 aliphatic heterocycles. The Balaban J connectivity index is 1.32. The molecule has 2 heterocycles. The smallest absolute Gasteiger partial charge is 0.268 e. The van der Waals surface area contributed by atoms with Crippen molar-refractivity contribution in [1.29, 1.82) is 0 Å². The van der Waals surface area contributed by atoms with Crippen LogP contribution in [0, 0.1) is 23.2 Å². The van der Waals surface area contributed by atoms with Gasteiger partial charge < -0.3 is 10.6 Å². The molecule has 0 radical (unpaired) electrons. The van der Waals surface area contributed by atoms with E-state index in [1.54, 1.807) is 0 Å². The van der Waals surface area contributed by atoms with Gasteiger partial charge in [0, 0.05) is 19.3 Å². The van der Waals surface area contributed by atoms with Crippen molar-refractivity contribution in [1.82, 2.24) is 20.0 Å². The number of rotatable bonds is 6. The Morgan fingerprint density at radius 1 is 1.19 bits per heavy atom. The van der Waals surface area contributed by atoms with Crippen LogP contribution in [0.4, 0.5) is 0 Å². The third-order valence-electron chi connectivity index (χ3n) is 7.12. The van der Waals surface area contributed by atoms with Gasteiger partial charge in [-0.2, -0.15) is 0 Å². The Bertz CT molecular complexity index is 820. The van der Waals surface area contributed by atoms with Gasteiger partial charge in [-0.3, -0.25) is 9.20 Å². The molecule has 2 N–H and O–H groups in total. The monoisotopic (exact) mass is 366 g/mol. The SMILES string of the molecule is CCNCc1cn2c(C(=O)NCC34CC5CC(CC(C5)C3)C4)cccc2n1. The summed E-state index contributed by atoms with van der Waals surface area (Å²) in [6.45, 7) is 4.56. The molecule has 0 saturated heterocycles. The number of aromatic nitrogens is 2. The van der Waals surface area contributed by atoms with Crippen LogP contribution in [-0.2, 0) is 6.54 Å². The van der Waals surface area contributed by atoms with E-state index in [9.17, 15) is 4.79 Å². The van der Waals surface area contributed by atoms with Gasteiger partial charge in [0.2, 0.25) is 0 Å². The number of pyridine rings is 1. The molecule has 27 heavy (non-hydrogen) atoms. The van der Waals surface area contributed by atoms with E-state index >= 15 is 0 Å². The number of carbonyl (C=O) groups is 1. The predicted octanol–water partition coefficient (Wildman–Crippen LogP) is 3.39. The van der Waals surface area contributed by atoms with Crippen LogP contribution >= 0.6 is 0 Å². The van der Waals surface area contributed by atoms with Crippen LogP contribution in [0.2, 0.25) is 0 Å². The van der Waals surface area contributed by atoms with Gasteiger partial charge in [-0.15, -0.1) is 0 Å². The lowest BCUT2D eigenvalue weighted by Crippen LogP contribution is -2.51. The molecule has 0 atom stereocenters. The molecular weight excluding hydrogens is 336 g/mol. The van der Waals surface area contributed by atoms with E-state index in [1.807, 2.05) is 28.8 Å². The predicted molar refractivity (Wildman–Crippen MR) is 106 cm³/mol. The average molecular weight is 367 g/mol. The zero-order chi connectivity index (χ0) is 18.4. The van der Waals surface area contributed by atoms with E-state index in [4.69, 9.17) is 0 Å². The molecule has 2 aromatic heterocycles. The number of hydrogen-bond donors (Lipinski definition) is 2. The number of nitrogens with one attached hydrogen (secondary N) is 2. The van der Waals surface area contributed by atoms with Crippen LogP contribution < -0.4 is 10.6 Å². The van der Waals surface area contributed by atoms with Crippen molar-refractivity contribution < 1.29 is 4.79 Å². The molecule has 5 nitrogen and oxygen atoms in total. The second-order valence-corrected chi connectivity index (χ2v) is 9.25. The zero-order valence-corrected chi connectivity index (χ0v) is 16.2. The largest absolute Gasteiger partial charge is 0.350 e. The van der Waals surface area contributed by atoms with Crippen LogP contribution in [-0.4, -0.2) is 28.4 Å². The van der Waals surface area contributed by atoms with Crippen LogP contribution in [0.25, 0.3) is 5.65 Å². The van der Waals surface area contributed by atoms with Gasteiger partial charge in [-0.1, -0.05) is 13.0 Å². The van der Waals surface area contributed by atoms with Gasteiger partial charge in [0.05, 0.1) is 5.69 Å². The second-order valence-electron chi connectivity index (χ2n) is 9.25. The van der Waals surface area contributed by atoms with Crippen molar-refractivity contribution in [2.24, 2.45) is 23.2 Å². The van der Waals surface area contributed by atoms with Crippen molar-refractivity contribution in [3.63, 3.8) is 0 Å². The normalized spacial score (nSPS) is 31.5. The molecule has 4 bridgehead atoms. The number of nitrogens with zero attached hydrogens (tertiary/aromatic N) is 2. The Morgan fingerprint density at radius 2 is 1.89 bits per heavy atom. The highest BCUT2D eigenvalue weighted by Gasteiger charge is 2.50. The molecule has 4 saturated carbocycles. The van der Waals surface area contributed by atoms with Crippen molar-refractivity contribution in [2.45, 2.75) is 52.0 Å². The number of fused-ring (bicyclic) bond motifs is 1. The summed E-state index contributed by atoms with van der Waals surface area (Å²) in [6, 6.07) is 5.80. The molecule has 0 spiro atoms. The van der Waals surface area contributed by atoms with Crippen LogP contribution in [0.3, 0.4) is 0 Å². The van der Waals surface area contributed by atoms with Gasteiger partial charge in [0.25, 0.3) is 5.91 Å². The standard InChI is InChI=1S/C22H30N4O/c1-2-23-12-18-13-26-19(4-3-5-20(26)25-18)21(27)24-14-22-9-15-6-16(10-22)8-17(7-15)11-22/h3-5,13,15-17,23H,2,6-12,14H2,1H3,(H,24,27). The average Bonchev–Trinajstić information content (AvgIpc) is 3.06. The molecule has 6 rings (SSSR count). The van der Waals surface area contributed by atoms with E-state index < -0.39 is 0 Å². The topological polar surface area (TPSA) is 58.4 Å². The van der Waals surface area contributed by atoms with Crippen molar-refractivity contribution >= 4 is 11.6 Å². The Morgan fingerprint density at radius 3 is 2.56 bits per heavy atom. The van der Waals surface area contributed by atoms with Crippen molar-refractivity contribution in [3.8, 4) is 0 Å². The lowest BCUT2D eigenvalue weighted by molar-refractivity contribution is -0.0503. The summed E-state index contributed by atoms with van der Waals surface area (Å²) >= 11 is 0. The minimum atomic E-state index is 0.0312. The van der Waals surface area contributed by atoms with Gasteiger partial charge in [-0.05, 0) is 80.4 Å². The molecule has 2 aromatic rings. The summed E-state index contributed by atoms with van der Waals surface area (Å²) in [5.41, 5.74) is 2.86. The highest BCUT2D eigenvalue weighted by molar-refractivity contribution is 5.93. The minimum absolute atomic E-state index is 0.0312. The lowest BCUT2D eigenvalue weighted by atomic mass is 9.49. The van der Waals surface area contributed by atoms with E-state index in [0.29, 0.717) is 11.1 Å². The van der Waals surface area contributed by atoms with E-state index in [-0.39, 0.29) is 5.91 Å². The molecule has 4 aliphatic carbocycles. The van der Waals surface area contributed by atoms with Gasteiger partial charge >= 0.3 is 0 Å². The summed E-state index contributed by atoms with van der Waals surface area (Å²) in [4.78, 5) is 17.6. The second kappa shape index (κ2) is 6.62. The van der Waals surface area contributed by atoms with Crippen molar-refractivity contribution in [2.75, 3.05) is 13.1 Å². The fourth-order valence-corrected chi connectivity index (χ4v) is 6.45. The molecule has 5 heteroatoms. The first-order valence-electron chi connectivity index (χ1n) is 10.6.